The zero-order chi connectivity index (χ0) is 30.4. The number of nitrogens with zero attached hydrogens (tertiary/aromatic N) is 6. The number of amides is 1. The molecule has 2 aliphatic rings. The number of anilines is 1. The number of ether oxygens (including phenoxy) is 2. The maximum Gasteiger partial charge on any atom is 0.225 e. The summed E-state index contributed by atoms with van der Waals surface area (Å²) in [5, 5.41) is 5.74. The zero-order valence-corrected chi connectivity index (χ0v) is 26.8. The number of rotatable bonds is 11. The molecule has 9 heteroatoms. The van der Waals surface area contributed by atoms with Gasteiger partial charge in [0.2, 0.25) is 5.91 Å². The first-order chi connectivity index (χ1) is 20.8. The van der Waals surface area contributed by atoms with Crippen molar-refractivity contribution >= 4 is 22.6 Å². The van der Waals surface area contributed by atoms with Gasteiger partial charge in [-0.2, -0.15) is 5.10 Å². The summed E-state index contributed by atoms with van der Waals surface area (Å²) in [6, 6.07) is 10.2. The lowest BCUT2D eigenvalue weighted by Gasteiger charge is -2.41. The van der Waals surface area contributed by atoms with E-state index in [1.54, 1.807) is 7.11 Å². The van der Waals surface area contributed by atoms with Crippen LogP contribution in [0, 0.1) is 11.8 Å². The van der Waals surface area contributed by atoms with E-state index in [2.05, 4.69) is 58.7 Å². The molecule has 43 heavy (non-hydrogen) atoms. The van der Waals surface area contributed by atoms with E-state index >= 15 is 0 Å². The molecule has 3 heterocycles. The van der Waals surface area contributed by atoms with Crippen LogP contribution in [0.3, 0.4) is 0 Å². The average Bonchev–Trinajstić information content (AvgIpc) is 3.42. The predicted octanol–water partition coefficient (Wildman–Crippen LogP) is 5.08. The molecule has 3 aromatic rings. The molecule has 2 aromatic heterocycles. The third-order valence-corrected chi connectivity index (χ3v) is 9.18. The summed E-state index contributed by atoms with van der Waals surface area (Å²) in [4.78, 5) is 25.2. The number of carbonyl (C=O) groups is 1. The maximum absolute atomic E-state index is 13.5. The molecule has 0 bridgehead atoms. The standard InChI is InChI=1S/C34H50N6O3/c1-6-43-29-9-7-8-27(22-29)25-40-32-30(23-36-40)31(14-15-35-32)37-16-18-38(19-17-37)33(41)28-12-10-26(11-13-28)24-39(20-21-42-5)34(2,3)4/h7-9,14-15,22-23,26,28H,6,10-13,16-21,24-25H2,1-5H3. The van der Waals surface area contributed by atoms with Crippen molar-refractivity contribution in [2.45, 2.75) is 65.5 Å². The Morgan fingerprint density at radius 3 is 2.53 bits per heavy atom. The van der Waals surface area contributed by atoms with Crippen molar-refractivity contribution in [3.63, 3.8) is 0 Å². The first kappa shape index (κ1) is 31.3. The first-order valence-corrected chi connectivity index (χ1v) is 16.1. The molecular formula is C34H50N6O3. The summed E-state index contributed by atoms with van der Waals surface area (Å²) >= 11 is 0. The van der Waals surface area contributed by atoms with E-state index < -0.39 is 0 Å². The summed E-state index contributed by atoms with van der Waals surface area (Å²) in [6.07, 6.45) is 8.07. The van der Waals surface area contributed by atoms with Crippen molar-refractivity contribution < 1.29 is 14.3 Å². The van der Waals surface area contributed by atoms with Crippen LogP contribution >= 0.6 is 0 Å². The molecule has 1 saturated carbocycles. The third kappa shape index (κ3) is 7.68. The molecule has 1 aliphatic carbocycles. The number of aromatic nitrogens is 3. The molecule has 0 N–H and O–H groups in total. The van der Waals surface area contributed by atoms with Crippen molar-refractivity contribution in [1.29, 1.82) is 0 Å². The SMILES string of the molecule is CCOc1cccc(Cn2ncc3c(N4CCN(C(=O)C5CCC(CN(CCOC)C(C)(C)C)CC5)CC4)ccnc32)c1. The Labute approximate surface area is 257 Å². The highest BCUT2D eigenvalue weighted by Gasteiger charge is 2.33. The summed E-state index contributed by atoms with van der Waals surface area (Å²) in [5.74, 6) is 2.04. The highest BCUT2D eigenvalue weighted by Crippen LogP contribution is 2.33. The molecule has 1 amide bonds. The summed E-state index contributed by atoms with van der Waals surface area (Å²) in [5.41, 5.74) is 3.27. The lowest BCUT2D eigenvalue weighted by atomic mass is 9.80. The number of piperazine rings is 1. The normalized spacial score (nSPS) is 19.8. The van der Waals surface area contributed by atoms with E-state index in [9.17, 15) is 4.79 Å². The largest absolute Gasteiger partial charge is 0.494 e. The minimum absolute atomic E-state index is 0.125. The topological polar surface area (TPSA) is 76.0 Å². The first-order valence-electron chi connectivity index (χ1n) is 16.1. The molecule has 5 rings (SSSR count). The van der Waals surface area contributed by atoms with E-state index in [1.807, 2.05) is 36.1 Å². The molecule has 1 aliphatic heterocycles. The Hall–Kier alpha value is -3.17. The van der Waals surface area contributed by atoms with Crippen LogP contribution in [0.15, 0.2) is 42.7 Å². The van der Waals surface area contributed by atoms with E-state index in [0.29, 0.717) is 25.0 Å². The van der Waals surface area contributed by atoms with Crippen molar-refractivity contribution in [3.8, 4) is 5.75 Å². The molecule has 0 unspecified atom stereocenters. The van der Waals surface area contributed by atoms with Gasteiger partial charge in [0.05, 0.1) is 37.0 Å². The Kier molecular flexibility index (Phi) is 10.2. The minimum atomic E-state index is 0.125. The second-order valence-corrected chi connectivity index (χ2v) is 13.1. The van der Waals surface area contributed by atoms with Gasteiger partial charge in [0.25, 0.3) is 0 Å². The van der Waals surface area contributed by atoms with Crippen molar-refractivity contribution in [2.75, 3.05) is 64.5 Å². The van der Waals surface area contributed by atoms with Gasteiger partial charge in [-0.1, -0.05) is 12.1 Å². The van der Waals surface area contributed by atoms with Crippen LogP contribution in [0.4, 0.5) is 5.69 Å². The Morgan fingerprint density at radius 2 is 1.84 bits per heavy atom. The monoisotopic (exact) mass is 590 g/mol. The zero-order valence-electron chi connectivity index (χ0n) is 26.8. The second-order valence-electron chi connectivity index (χ2n) is 13.1. The summed E-state index contributed by atoms with van der Waals surface area (Å²) in [6.45, 7) is 16.1. The lowest BCUT2D eigenvalue weighted by molar-refractivity contribution is -0.137. The molecular weight excluding hydrogens is 540 g/mol. The van der Waals surface area contributed by atoms with Gasteiger partial charge in [-0.05, 0) is 83.1 Å². The number of carbonyl (C=O) groups excluding carboxylic acids is 1. The van der Waals surface area contributed by atoms with Crippen molar-refractivity contribution in [2.24, 2.45) is 11.8 Å². The van der Waals surface area contributed by atoms with Gasteiger partial charge in [0.1, 0.15) is 5.75 Å². The average molecular weight is 591 g/mol. The van der Waals surface area contributed by atoms with E-state index in [4.69, 9.17) is 14.6 Å². The highest BCUT2D eigenvalue weighted by molar-refractivity contribution is 5.89. The van der Waals surface area contributed by atoms with Gasteiger partial charge in [-0.15, -0.1) is 0 Å². The van der Waals surface area contributed by atoms with Crippen LogP contribution in [0.2, 0.25) is 0 Å². The highest BCUT2D eigenvalue weighted by atomic mass is 16.5. The van der Waals surface area contributed by atoms with Crippen LogP contribution in [-0.4, -0.2) is 95.6 Å². The Bertz CT molecular complexity index is 1340. The van der Waals surface area contributed by atoms with Crippen LogP contribution in [-0.2, 0) is 16.1 Å². The van der Waals surface area contributed by atoms with Crippen molar-refractivity contribution in [3.05, 3.63) is 48.3 Å². The Balaban J connectivity index is 1.15. The smallest absolute Gasteiger partial charge is 0.225 e. The molecule has 0 radical (unpaired) electrons. The van der Waals surface area contributed by atoms with E-state index in [1.165, 1.54) is 0 Å². The van der Waals surface area contributed by atoms with Crippen LogP contribution in [0.5, 0.6) is 5.75 Å². The van der Waals surface area contributed by atoms with Gasteiger partial charge in [0.15, 0.2) is 5.65 Å². The number of pyridine rings is 1. The molecule has 0 spiro atoms. The maximum atomic E-state index is 13.5. The Morgan fingerprint density at radius 1 is 1.07 bits per heavy atom. The fraction of sp³-hybridized carbons (Fsp3) is 0.618. The minimum Gasteiger partial charge on any atom is -0.494 e. The lowest BCUT2D eigenvalue weighted by Crippen LogP contribution is -2.51. The molecule has 234 valence electrons. The van der Waals surface area contributed by atoms with Crippen LogP contribution in [0.25, 0.3) is 11.0 Å². The predicted molar refractivity (Wildman–Crippen MR) is 172 cm³/mol. The quantitative estimate of drug-likeness (QED) is 0.308. The molecule has 0 atom stereocenters. The fourth-order valence-electron chi connectivity index (χ4n) is 6.66. The number of benzene rings is 1. The molecule has 1 saturated heterocycles. The number of methoxy groups -OCH3 is 1. The number of hydrogen-bond donors (Lipinski definition) is 0. The molecule has 2 fully saturated rings. The van der Waals surface area contributed by atoms with Crippen LogP contribution < -0.4 is 9.64 Å². The number of hydrogen-bond acceptors (Lipinski definition) is 7. The van der Waals surface area contributed by atoms with Crippen molar-refractivity contribution in [1.82, 2.24) is 24.6 Å². The second kappa shape index (κ2) is 14.1. The molecule has 9 nitrogen and oxygen atoms in total. The van der Waals surface area contributed by atoms with Gasteiger partial charge < -0.3 is 19.3 Å². The summed E-state index contributed by atoms with van der Waals surface area (Å²) in [7, 11) is 1.77. The van der Waals surface area contributed by atoms with Gasteiger partial charge >= 0.3 is 0 Å². The van der Waals surface area contributed by atoms with Gasteiger partial charge in [-0.25, -0.2) is 9.67 Å². The van der Waals surface area contributed by atoms with Gasteiger partial charge in [-0.3, -0.25) is 9.69 Å². The molecule has 1 aromatic carbocycles. The van der Waals surface area contributed by atoms with E-state index in [-0.39, 0.29) is 11.5 Å². The number of fused-ring (bicyclic) bond motifs is 1. The van der Waals surface area contributed by atoms with Crippen LogP contribution in [0.1, 0.15) is 58.9 Å². The van der Waals surface area contributed by atoms with E-state index in [0.717, 1.165) is 99.6 Å². The fourth-order valence-corrected chi connectivity index (χ4v) is 6.66. The van der Waals surface area contributed by atoms with Gasteiger partial charge in [0, 0.05) is 64.0 Å². The third-order valence-electron chi connectivity index (χ3n) is 9.18. The summed E-state index contributed by atoms with van der Waals surface area (Å²) < 4.78 is 13.0.